The van der Waals surface area contributed by atoms with Crippen molar-refractivity contribution in [3.05, 3.63) is 0 Å². The van der Waals surface area contributed by atoms with Crippen LogP contribution in [-0.4, -0.2) is 38.4 Å². The first-order valence-electron chi connectivity index (χ1n) is 13.1. The molecule has 0 fully saturated rings. The van der Waals surface area contributed by atoms with E-state index in [1.807, 2.05) is 0 Å². The fourth-order valence-corrected chi connectivity index (χ4v) is 3.44. The fraction of sp³-hybridized carbons (Fsp3) is 0.923. The molecule has 0 aliphatic rings. The maximum Gasteiger partial charge on any atom is 0.313 e. The Morgan fingerprint density at radius 1 is 0.452 bits per heavy atom. The van der Waals surface area contributed by atoms with Gasteiger partial charge in [-0.05, 0) is 38.5 Å². The van der Waals surface area contributed by atoms with Gasteiger partial charge in [0.1, 0.15) is 0 Å². The number of esters is 2. The van der Waals surface area contributed by atoms with E-state index < -0.39 is 0 Å². The standard InChI is InChI=1S/C26H50O5/c1-3-21-29-23-17-13-9-5-7-11-15-19-25(27)31-26(28)20-16-12-8-6-10-14-18-24-30-22-4-2/h3-24H2,1-2H3. The molecule has 0 unspecified atom stereocenters. The molecule has 0 amide bonds. The lowest BCUT2D eigenvalue weighted by molar-refractivity contribution is -0.159. The summed E-state index contributed by atoms with van der Waals surface area (Å²) in [5, 5.41) is 0. The molecule has 0 aromatic rings. The number of carbonyl (C=O) groups excluding carboxylic acids is 2. The molecule has 0 saturated carbocycles. The maximum absolute atomic E-state index is 11.7. The second kappa shape index (κ2) is 25.3. The van der Waals surface area contributed by atoms with Crippen LogP contribution < -0.4 is 0 Å². The van der Waals surface area contributed by atoms with E-state index in [1.165, 1.54) is 38.5 Å². The Hall–Kier alpha value is -0.940. The third-order valence-corrected chi connectivity index (χ3v) is 5.26. The summed E-state index contributed by atoms with van der Waals surface area (Å²) in [6.07, 6.45) is 18.4. The van der Waals surface area contributed by atoms with E-state index in [-0.39, 0.29) is 11.9 Å². The molecule has 184 valence electrons. The average Bonchev–Trinajstić information content (AvgIpc) is 2.75. The zero-order valence-electron chi connectivity index (χ0n) is 20.6. The van der Waals surface area contributed by atoms with Crippen molar-refractivity contribution in [1.29, 1.82) is 0 Å². The summed E-state index contributed by atoms with van der Waals surface area (Å²) in [6, 6.07) is 0. The van der Waals surface area contributed by atoms with E-state index in [2.05, 4.69) is 13.8 Å². The lowest BCUT2D eigenvalue weighted by Crippen LogP contribution is -2.11. The molecule has 0 atom stereocenters. The van der Waals surface area contributed by atoms with Crippen LogP contribution in [0.4, 0.5) is 0 Å². The van der Waals surface area contributed by atoms with Crippen molar-refractivity contribution in [3.63, 3.8) is 0 Å². The van der Waals surface area contributed by atoms with Gasteiger partial charge in [0.15, 0.2) is 0 Å². The van der Waals surface area contributed by atoms with Crippen LogP contribution in [0.5, 0.6) is 0 Å². The van der Waals surface area contributed by atoms with Crippen LogP contribution >= 0.6 is 0 Å². The molecule has 0 aliphatic carbocycles. The molecule has 0 bridgehead atoms. The molecule has 0 heterocycles. The second-order valence-corrected chi connectivity index (χ2v) is 8.52. The third-order valence-electron chi connectivity index (χ3n) is 5.26. The number of ether oxygens (including phenoxy) is 3. The van der Waals surface area contributed by atoms with Gasteiger partial charge in [0, 0.05) is 39.3 Å². The van der Waals surface area contributed by atoms with Crippen molar-refractivity contribution >= 4 is 11.9 Å². The molecule has 0 aliphatic heterocycles. The number of carbonyl (C=O) groups is 2. The van der Waals surface area contributed by atoms with Gasteiger partial charge in [-0.25, -0.2) is 0 Å². The third kappa shape index (κ3) is 25.2. The van der Waals surface area contributed by atoms with Gasteiger partial charge in [-0.15, -0.1) is 0 Å². The van der Waals surface area contributed by atoms with Crippen molar-refractivity contribution in [3.8, 4) is 0 Å². The molecule has 5 nitrogen and oxygen atoms in total. The van der Waals surface area contributed by atoms with Crippen LogP contribution in [-0.2, 0) is 23.8 Å². The van der Waals surface area contributed by atoms with Crippen molar-refractivity contribution in [1.82, 2.24) is 0 Å². The Kier molecular flexibility index (Phi) is 24.6. The largest absolute Gasteiger partial charge is 0.393 e. The Morgan fingerprint density at radius 3 is 1.13 bits per heavy atom. The van der Waals surface area contributed by atoms with Gasteiger partial charge >= 0.3 is 11.9 Å². The first-order chi connectivity index (χ1) is 15.2. The minimum Gasteiger partial charge on any atom is -0.393 e. The molecule has 0 N–H and O–H groups in total. The topological polar surface area (TPSA) is 61.8 Å². The predicted molar refractivity (Wildman–Crippen MR) is 127 cm³/mol. The molecule has 31 heavy (non-hydrogen) atoms. The number of hydrogen-bond donors (Lipinski definition) is 0. The van der Waals surface area contributed by atoms with Crippen LogP contribution in [0, 0.1) is 0 Å². The normalized spacial score (nSPS) is 11.0. The van der Waals surface area contributed by atoms with Crippen LogP contribution in [0.3, 0.4) is 0 Å². The van der Waals surface area contributed by atoms with Gasteiger partial charge in [-0.3, -0.25) is 9.59 Å². The van der Waals surface area contributed by atoms with E-state index in [0.29, 0.717) is 12.8 Å². The zero-order valence-corrected chi connectivity index (χ0v) is 20.6. The van der Waals surface area contributed by atoms with Crippen LogP contribution in [0.25, 0.3) is 0 Å². The summed E-state index contributed by atoms with van der Waals surface area (Å²) in [6.45, 7) is 7.75. The maximum atomic E-state index is 11.7. The van der Waals surface area contributed by atoms with Gasteiger partial charge in [-0.1, -0.05) is 78.1 Å². The lowest BCUT2D eigenvalue weighted by atomic mass is 10.1. The Morgan fingerprint density at radius 2 is 0.774 bits per heavy atom. The van der Waals surface area contributed by atoms with Crippen LogP contribution in [0.2, 0.25) is 0 Å². The monoisotopic (exact) mass is 442 g/mol. The number of unbranched alkanes of at least 4 members (excludes halogenated alkanes) is 12. The van der Waals surface area contributed by atoms with E-state index in [9.17, 15) is 9.59 Å². The van der Waals surface area contributed by atoms with Gasteiger partial charge in [0.25, 0.3) is 0 Å². The van der Waals surface area contributed by atoms with Gasteiger partial charge in [0.2, 0.25) is 0 Å². The highest BCUT2D eigenvalue weighted by atomic mass is 16.6. The highest BCUT2D eigenvalue weighted by Gasteiger charge is 2.09. The van der Waals surface area contributed by atoms with Crippen molar-refractivity contribution in [2.45, 2.75) is 129 Å². The van der Waals surface area contributed by atoms with Crippen molar-refractivity contribution in [2.24, 2.45) is 0 Å². The van der Waals surface area contributed by atoms with Crippen molar-refractivity contribution < 1.29 is 23.8 Å². The van der Waals surface area contributed by atoms with Gasteiger partial charge < -0.3 is 14.2 Å². The van der Waals surface area contributed by atoms with Gasteiger partial charge in [0.05, 0.1) is 0 Å². The molecule has 5 heteroatoms. The second-order valence-electron chi connectivity index (χ2n) is 8.52. The highest BCUT2D eigenvalue weighted by Crippen LogP contribution is 2.11. The summed E-state index contributed by atoms with van der Waals surface area (Å²) in [7, 11) is 0. The smallest absolute Gasteiger partial charge is 0.313 e. The quantitative estimate of drug-likeness (QED) is 0.0902. The molecular formula is C26H50O5. The summed E-state index contributed by atoms with van der Waals surface area (Å²) >= 11 is 0. The zero-order chi connectivity index (χ0) is 22.8. The minimum atomic E-state index is -0.358. The summed E-state index contributed by atoms with van der Waals surface area (Å²) < 4.78 is 15.9. The molecule has 0 aromatic carbocycles. The highest BCUT2D eigenvalue weighted by molar-refractivity contribution is 5.85. The minimum absolute atomic E-state index is 0.358. The fourth-order valence-electron chi connectivity index (χ4n) is 3.44. The summed E-state index contributed by atoms with van der Waals surface area (Å²) in [5.74, 6) is -0.716. The van der Waals surface area contributed by atoms with E-state index in [0.717, 1.165) is 90.6 Å². The lowest BCUT2D eigenvalue weighted by Gasteiger charge is -2.05. The number of hydrogen-bond acceptors (Lipinski definition) is 5. The van der Waals surface area contributed by atoms with Gasteiger partial charge in [-0.2, -0.15) is 0 Å². The molecule has 0 spiro atoms. The van der Waals surface area contributed by atoms with Crippen LogP contribution in [0.1, 0.15) is 129 Å². The van der Waals surface area contributed by atoms with Crippen molar-refractivity contribution in [2.75, 3.05) is 26.4 Å². The SMILES string of the molecule is CCCOCCCCCCCCCC(=O)OC(=O)CCCCCCCCCOCCC. The molecule has 0 aromatic heterocycles. The molecule has 0 rings (SSSR count). The Bertz CT molecular complexity index is 361. The molecule has 0 radical (unpaired) electrons. The predicted octanol–water partition coefficient (Wildman–Crippen LogP) is 7.15. The molecule has 0 saturated heterocycles. The molecular weight excluding hydrogens is 392 g/mol. The summed E-state index contributed by atoms with van der Waals surface area (Å²) in [5.41, 5.74) is 0. The first-order valence-corrected chi connectivity index (χ1v) is 13.1. The van der Waals surface area contributed by atoms with E-state index in [1.54, 1.807) is 0 Å². The van der Waals surface area contributed by atoms with E-state index >= 15 is 0 Å². The Labute approximate surface area is 192 Å². The average molecular weight is 443 g/mol. The van der Waals surface area contributed by atoms with E-state index in [4.69, 9.17) is 14.2 Å². The summed E-state index contributed by atoms with van der Waals surface area (Å²) in [4.78, 5) is 23.5. The number of rotatable bonds is 24. The first kappa shape index (κ1) is 30.1. The Balaban J connectivity index is 3.31. The van der Waals surface area contributed by atoms with Crippen LogP contribution in [0.15, 0.2) is 0 Å².